The number of aliphatic hydroxyl groups is 1. The van der Waals surface area contributed by atoms with Gasteiger partial charge in [-0.3, -0.25) is 9.32 Å². The van der Waals surface area contributed by atoms with Crippen LogP contribution in [0.5, 0.6) is 5.75 Å². The van der Waals surface area contributed by atoms with Gasteiger partial charge >= 0.3 is 19.8 Å². The Morgan fingerprint density at radius 2 is 1.75 bits per heavy atom. The minimum absolute atomic E-state index is 0.0145. The van der Waals surface area contributed by atoms with Crippen LogP contribution in [0.4, 0.5) is 10.2 Å². The topological polar surface area (TPSA) is 173 Å². The third-order valence-electron chi connectivity index (χ3n) is 8.67. The Hall–Kier alpha value is -4.38. The van der Waals surface area contributed by atoms with Crippen molar-refractivity contribution in [1.29, 1.82) is 0 Å². The highest BCUT2D eigenvalue weighted by Crippen LogP contribution is 2.46. The van der Waals surface area contributed by atoms with Crippen molar-refractivity contribution in [2.75, 3.05) is 26.1 Å². The predicted molar refractivity (Wildman–Crippen MR) is 195 cm³/mol. The summed E-state index contributed by atoms with van der Waals surface area (Å²) in [7, 11) is -3.25. The summed E-state index contributed by atoms with van der Waals surface area (Å²) in [6.07, 6.45) is 10.6. The molecule has 2 aromatic heterocycles. The van der Waals surface area contributed by atoms with Crippen molar-refractivity contribution in [3.05, 3.63) is 78.6 Å². The van der Waals surface area contributed by atoms with Crippen molar-refractivity contribution in [2.24, 2.45) is 5.92 Å². The number of ether oxygens (including phenoxy) is 2. The van der Waals surface area contributed by atoms with Gasteiger partial charge < -0.3 is 29.4 Å². The van der Waals surface area contributed by atoms with Gasteiger partial charge in [0.15, 0.2) is 17.1 Å². The minimum Gasteiger partial charge on any atom is -0.464 e. The number of carbonyl (C=O) groups excluding carboxylic acids is 1. The number of halogens is 1. The van der Waals surface area contributed by atoms with Crippen LogP contribution in [-0.4, -0.2) is 68.7 Å². The number of hydrogen-bond donors (Lipinski definition) is 3. The molecule has 0 saturated heterocycles. The lowest BCUT2D eigenvalue weighted by atomic mass is 9.97. The normalized spacial score (nSPS) is 15.0. The average molecular weight is 739 g/mol. The van der Waals surface area contributed by atoms with E-state index in [0.717, 1.165) is 44.1 Å². The van der Waals surface area contributed by atoms with Crippen LogP contribution in [-0.2, 0) is 36.3 Å². The van der Waals surface area contributed by atoms with Crippen LogP contribution in [0.1, 0.15) is 57.9 Å². The number of para-hydroxylation sites is 1. The molecule has 0 aliphatic rings. The summed E-state index contributed by atoms with van der Waals surface area (Å²) in [5, 5.41) is 14.3. The molecule has 0 aliphatic carbocycles. The zero-order valence-corrected chi connectivity index (χ0v) is 30.7. The van der Waals surface area contributed by atoms with Crippen LogP contribution >= 0.6 is 7.75 Å². The fourth-order valence-corrected chi connectivity index (χ4v) is 7.12. The zero-order valence-electron chi connectivity index (χ0n) is 29.8. The van der Waals surface area contributed by atoms with Gasteiger partial charge in [0.25, 0.3) is 0 Å². The van der Waals surface area contributed by atoms with E-state index < -0.39 is 44.1 Å². The highest BCUT2D eigenvalue weighted by Gasteiger charge is 2.43. The summed E-state index contributed by atoms with van der Waals surface area (Å²) in [6.45, 7) is 3.49. The number of terminal acetylenes is 1. The molecule has 4 atom stereocenters. The summed E-state index contributed by atoms with van der Waals surface area (Å²) < 4.78 is 53.4. The van der Waals surface area contributed by atoms with E-state index in [9.17, 15) is 18.9 Å². The molecule has 0 aliphatic heterocycles. The van der Waals surface area contributed by atoms with E-state index in [1.54, 1.807) is 30.3 Å². The number of aliphatic hydroxyl groups excluding tert-OH is 1. The van der Waals surface area contributed by atoms with E-state index >= 15 is 0 Å². The van der Waals surface area contributed by atoms with Crippen LogP contribution in [0.3, 0.4) is 0 Å². The second-order valence-corrected chi connectivity index (χ2v) is 14.2. The SMILES string of the molecule is C#C[C@](COP(=O)(N[C@@H](Cc1ccccc1)C(=O)OCC(CCCC)CCCC)Oc1ccccc1)(OC)[C@@H](O)Cn1cnc2c(N)nc(F)nc21. The first-order valence-corrected chi connectivity index (χ1v) is 18.9. The maximum Gasteiger partial charge on any atom is 0.459 e. The molecule has 4 rings (SSSR count). The highest BCUT2D eigenvalue weighted by atomic mass is 31.2. The molecule has 15 heteroatoms. The van der Waals surface area contributed by atoms with Gasteiger partial charge in [0.05, 0.1) is 19.5 Å². The third kappa shape index (κ3) is 11.1. The summed E-state index contributed by atoms with van der Waals surface area (Å²) in [6, 6.07) is 16.3. The lowest BCUT2D eigenvalue weighted by molar-refractivity contribution is -0.147. The number of nitrogens with zero attached hydrogens (tertiary/aromatic N) is 4. The van der Waals surface area contributed by atoms with Crippen molar-refractivity contribution < 1.29 is 37.4 Å². The van der Waals surface area contributed by atoms with Crippen molar-refractivity contribution in [1.82, 2.24) is 24.6 Å². The van der Waals surface area contributed by atoms with Crippen molar-refractivity contribution in [3.8, 4) is 18.1 Å². The monoisotopic (exact) mass is 738 g/mol. The second-order valence-electron chi connectivity index (χ2n) is 12.5. The van der Waals surface area contributed by atoms with E-state index in [1.165, 1.54) is 18.0 Å². The number of esters is 1. The van der Waals surface area contributed by atoms with Gasteiger partial charge in [0.2, 0.25) is 0 Å². The highest BCUT2D eigenvalue weighted by molar-refractivity contribution is 7.52. The molecule has 0 saturated carbocycles. The molecule has 4 N–H and O–H groups in total. The average Bonchev–Trinajstić information content (AvgIpc) is 3.54. The molecule has 52 heavy (non-hydrogen) atoms. The number of carbonyl (C=O) groups is 1. The number of imidazole rings is 1. The number of nitrogen functional groups attached to an aromatic ring is 1. The summed E-state index contributed by atoms with van der Waals surface area (Å²) in [4.78, 5) is 25.1. The minimum atomic E-state index is -4.50. The van der Waals surface area contributed by atoms with Crippen LogP contribution in [0, 0.1) is 24.3 Å². The van der Waals surface area contributed by atoms with Gasteiger partial charge in [-0.25, -0.2) is 9.55 Å². The molecular weight excluding hydrogens is 690 g/mol. The Morgan fingerprint density at radius 3 is 2.37 bits per heavy atom. The van der Waals surface area contributed by atoms with E-state index in [1.807, 2.05) is 30.3 Å². The molecule has 0 spiro atoms. The Morgan fingerprint density at radius 1 is 1.10 bits per heavy atom. The van der Waals surface area contributed by atoms with E-state index in [0.29, 0.717) is 0 Å². The fourth-order valence-electron chi connectivity index (χ4n) is 5.60. The lowest BCUT2D eigenvalue weighted by Gasteiger charge is -2.33. The maximum absolute atomic E-state index is 14.7. The quantitative estimate of drug-likeness (QED) is 0.0380. The lowest BCUT2D eigenvalue weighted by Crippen LogP contribution is -2.49. The van der Waals surface area contributed by atoms with E-state index in [4.69, 9.17) is 30.7 Å². The molecule has 0 radical (unpaired) electrons. The fraction of sp³-hybridized carbons (Fsp3) is 0.459. The molecule has 4 aromatic rings. The first-order valence-electron chi connectivity index (χ1n) is 17.4. The predicted octanol–water partition coefficient (Wildman–Crippen LogP) is 5.87. The number of nitrogens with one attached hydrogen (secondary N) is 1. The molecule has 2 heterocycles. The number of unbranched alkanes of at least 4 members (excludes halogenated alkanes) is 2. The third-order valence-corrected chi connectivity index (χ3v) is 10.2. The van der Waals surface area contributed by atoms with Crippen LogP contribution in [0.25, 0.3) is 11.2 Å². The second kappa shape index (κ2) is 19.5. The van der Waals surface area contributed by atoms with E-state index in [2.05, 4.69) is 39.8 Å². The van der Waals surface area contributed by atoms with Gasteiger partial charge in [-0.2, -0.15) is 19.4 Å². The van der Waals surface area contributed by atoms with Gasteiger partial charge in [0.1, 0.15) is 30.0 Å². The molecular formula is C37H48FN6O7P. The zero-order chi connectivity index (χ0) is 37.6. The number of hydrogen-bond acceptors (Lipinski definition) is 11. The summed E-state index contributed by atoms with van der Waals surface area (Å²) in [5.41, 5.74) is 4.77. The number of methoxy groups -OCH3 is 1. The Labute approximate surface area is 304 Å². The van der Waals surface area contributed by atoms with Crippen molar-refractivity contribution in [2.45, 2.75) is 83.1 Å². The Kier molecular flexibility index (Phi) is 15.1. The first kappa shape index (κ1) is 40.4. The standard InChI is InChI=1S/C37H48FN6O7P/c1-5-8-16-28(17-9-6-2)24-49-35(46)30(22-27-18-12-10-13-19-27)43-52(47,51-29-20-14-11-15-21-29)50-25-37(7-3,48-4)31(45)23-44-26-40-32-33(39)41-36(38)42-34(32)44/h3,10-15,18-21,26,28,30-31,45H,5-6,8-9,16-17,22-25H2,1-2,4H3,(H,43,47)(H2,39,41,42)/t30-,31-,37+,52?/m0/s1. The largest absolute Gasteiger partial charge is 0.464 e. The number of rotatable bonds is 22. The number of anilines is 1. The molecule has 13 nitrogen and oxygen atoms in total. The summed E-state index contributed by atoms with van der Waals surface area (Å²) >= 11 is 0. The van der Waals surface area contributed by atoms with Gasteiger partial charge in [-0.05, 0) is 42.9 Å². The number of benzene rings is 2. The maximum atomic E-state index is 14.7. The van der Waals surface area contributed by atoms with Gasteiger partial charge in [-0.1, -0.05) is 94.0 Å². The molecule has 2 aromatic carbocycles. The Balaban J connectivity index is 1.61. The first-order chi connectivity index (χ1) is 25.0. The molecule has 1 unspecified atom stereocenters. The Bertz CT molecular complexity index is 1800. The molecule has 280 valence electrons. The van der Waals surface area contributed by atoms with Crippen LogP contribution < -0.4 is 15.3 Å². The smallest absolute Gasteiger partial charge is 0.459 e. The molecule has 0 bridgehead atoms. The van der Waals surface area contributed by atoms with Crippen molar-refractivity contribution >= 4 is 30.7 Å². The number of nitrogens with two attached hydrogens (primary N) is 1. The molecule has 0 amide bonds. The number of fused-ring (bicyclic) bond motifs is 1. The number of aromatic nitrogens is 4. The van der Waals surface area contributed by atoms with E-state index in [-0.39, 0.29) is 48.2 Å². The van der Waals surface area contributed by atoms with Crippen LogP contribution in [0.2, 0.25) is 0 Å². The van der Waals surface area contributed by atoms with Crippen LogP contribution in [0.15, 0.2) is 67.0 Å². The van der Waals surface area contributed by atoms with Gasteiger partial charge in [0, 0.05) is 7.11 Å². The molecule has 0 fully saturated rings. The van der Waals surface area contributed by atoms with Gasteiger partial charge in [-0.15, -0.1) is 6.42 Å². The summed E-state index contributed by atoms with van der Waals surface area (Å²) in [5.74, 6) is 1.97. The van der Waals surface area contributed by atoms with Crippen molar-refractivity contribution in [3.63, 3.8) is 0 Å².